The van der Waals surface area contributed by atoms with Crippen molar-refractivity contribution in [2.24, 2.45) is 0 Å². The van der Waals surface area contributed by atoms with Gasteiger partial charge in [0.2, 0.25) is 0 Å². The Kier molecular flexibility index (Phi) is 3.78. The van der Waals surface area contributed by atoms with E-state index in [2.05, 4.69) is 4.74 Å². The van der Waals surface area contributed by atoms with Gasteiger partial charge in [-0.15, -0.1) is 0 Å². The minimum Gasteiger partial charge on any atom is -0.487 e. The topological polar surface area (TPSA) is 46.5 Å². The number of hydrogen-bond acceptors (Lipinski definition) is 2. The lowest BCUT2D eigenvalue weighted by atomic mass is 10.2. The lowest BCUT2D eigenvalue weighted by molar-refractivity contribution is -0.290. The fourth-order valence-electron chi connectivity index (χ4n) is 0.950. The van der Waals surface area contributed by atoms with E-state index in [1.165, 1.54) is 0 Å². The molecule has 0 aliphatic heterocycles. The van der Waals surface area contributed by atoms with E-state index in [9.17, 15) is 26.7 Å². The van der Waals surface area contributed by atoms with Crippen molar-refractivity contribution in [1.82, 2.24) is 0 Å². The summed E-state index contributed by atoms with van der Waals surface area (Å²) in [6.07, 6.45) is -5.69. The van der Waals surface area contributed by atoms with Crippen molar-refractivity contribution in [3.05, 3.63) is 29.8 Å². The molecule has 1 aromatic rings. The number of halogens is 5. The van der Waals surface area contributed by atoms with Crippen LogP contribution in [0.3, 0.4) is 0 Å². The molecule has 0 unspecified atom stereocenters. The largest absolute Gasteiger partial charge is 0.487 e. The number of ether oxygens (including phenoxy) is 1. The minimum atomic E-state index is -5.69. The van der Waals surface area contributed by atoms with Crippen LogP contribution in [0.5, 0.6) is 5.75 Å². The molecule has 18 heavy (non-hydrogen) atoms. The number of hydrogen-bond donors (Lipinski definition) is 1. The number of rotatable bonds is 4. The van der Waals surface area contributed by atoms with E-state index in [1.807, 2.05) is 0 Å². The Morgan fingerprint density at radius 3 is 2.00 bits per heavy atom. The van der Waals surface area contributed by atoms with E-state index in [1.54, 1.807) is 0 Å². The van der Waals surface area contributed by atoms with Crippen LogP contribution in [-0.2, 0) is 0 Å². The first-order valence-electron chi connectivity index (χ1n) is 4.54. The summed E-state index contributed by atoms with van der Waals surface area (Å²) < 4.78 is 64.6. The molecule has 0 fully saturated rings. The number of carboxylic acids is 1. The fraction of sp³-hybridized carbons (Fsp3) is 0.300. The van der Waals surface area contributed by atoms with Crippen LogP contribution in [0.4, 0.5) is 22.0 Å². The third-order valence-electron chi connectivity index (χ3n) is 1.94. The van der Waals surface area contributed by atoms with Gasteiger partial charge in [0.1, 0.15) is 5.75 Å². The summed E-state index contributed by atoms with van der Waals surface area (Å²) in [5, 5.41) is 8.53. The van der Waals surface area contributed by atoms with Crippen LogP contribution in [0.15, 0.2) is 24.3 Å². The first-order chi connectivity index (χ1) is 8.13. The molecule has 1 N–H and O–H groups in total. The van der Waals surface area contributed by atoms with Crippen LogP contribution in [0, 0.1) is 0 Å². The second-order valence-corrected chi connectivity index (χ2v) is 3.32. The highest BCUT2D eigenvalue weighted by Gasteiger charge is 2.58. The number of alkyl halides is 5. The van der Waals surface area contributed by atoms with E-state index in [0.29, 0.717) is 0 Å². The molecule has 0 radical (unpaired) electrons. The van der Waals surface area contributed by atoms with Crippen LogP contribution in [0.1, 0.15) is 10.4 Å². The summed E-state index contributed by atoms with van der Waals surface area (Å²) in [7, 11) is 0. The maximum absolute atomic E-state index is 12.5. The van der Waals surface area contributed by atoms with Crippen molar-refractivity contribution in [3.63, 3.8) is 0 Å². The molecule has 0 aliphatic rings. The normalized spacial score (nSPS) is 12.3. The minimum absolute atomic E-state index is 0.134. The Bertz CT molecular complexity index is 424. The van der Waals surface area contributed by atoms with Gasteiger partial charge < -0.3 is 9.84 Å². The molecule has 0 amide bonds. The molecular formula is C10H7F5O3. The van der Waals surface area contributed by atoms with Crippen LogP contribution in [-0.4, -0.2) is 29.8 Å². The molecule has 1 rings (SSSR count). The molecule has 0 spiro atoms. The van der Waals surface area contributed by atoms with E-state index in [4.69, 9.17) is 5.11 Å². The standard InChI is InChI=1S/C10H7F5O3/c11-9(12,10(13,14)15)5-18-7-3-1-6(2-4-7)8(16)17/h1-4H,5H2,(H,16,17). The van der Waals surface area contributed by atoms with E-state index >= 15 is 0 Å². The predicted molar refractivity (Wildman–Crippen MR) is 49.9 cm³/mol. The zero-order valence-corrected chi connectivity index (χ0v) is 8.67. The molecule has 0 heterocycles. The van der Waals surface area contributed by atoms with Crippen LogP contribution >= 0.6 is 0 Å². The Labute approximate surface area is 97.8 Å². The molecule has 0 saturated heterocycles. The number of carboxylic acid groups (broad SMARTS) is 1. The smallest absolute Gasteiger partial charge is 0.456 e. The molecule has 0 bridgehead atoms. The first-order valence-corrected chi connectivity index (χ1v) is 4.54. The van der Waals surface area contributed by atoms with Gasteiger partial charge in [-0.05, 0) is 24.3 Å². The van der Waals surface area contributed by atoms with Crippen molar-refractivity contribution in [2.75, 3.05) is 6.61 Å². The number of benzene rings is 1. The van der Waals surface area contributed by atoms with Gasteiger partial charge in [0.05, 0.1) is 5.56 Å². The van der Waals surface area contributed by atoms with Gasteiger partial charge in [0.15, 0.2) is 6.61 Å². The highest BCUT2D eigenvalue weighted by Crippen LogP contribution is 2.35. The highest BCUT2D eigenvalue weighted by atomic mass is 19.4. The summed E-state index contributed by atoms with van der Waals surface area (Å²) in [6.45, 7) is -1.86. The Hall–Kier alpha value is -1.86. The van der Waals surface area contributed by atoms with Gasteiger partial charge >= 0.3 is 18.1 Å². The SMILES string of the molecule is O=C(O)c1ccc(OCC(F)(F)C(F)(F)F)cc1. The summed E-state index contributed by atoms with van der Waals surface area (Å²) in [5.41, 5.74) is -0.134. The van der Waals surface area contributed by atoms with E-state index in [0.717, 1.165) is 24.3 Å². The zero-order valence-electron chi connectivity index (χ0n) is 8.67. The average molecular weight is 270 g/mol. The van der Waals surface area contributed by atoms with Crippen molar-refractivity contribution in [2.45, 2.75) is 12.1 Å². The van der Waals surface area contributed by atoms with Crippen molar-refractivity contribution in [1.29, 1.82) is 0 Å². The summed E-state index contributed by atoms with van der Waals surface area (Å²) in [5.74, 6) is -6.48. The predicted octanol–water partition coefficient (Wildman–Crippen LogP) is 2.96. The maximum Gasteiger partial charge on any atom is 0.456 e. The Morgan fingerprint density at radius 1 is 1.11 bits per heavy atom. The second-order valence-electron chi connectivity index (χ2n) is 3.32. The fourth-order valence-corrected chi connectivity index (χ4v) is 0.950. The summed E-state index contributed by atoms with van der Waals surface area (Å²) in [6, 6.07) is 4.05. The quantitative estimate of drug-likeness (QED) is 0.855. The highest BCUT2D eigenvalue weighted by molar-refractivity contribution is 5.87. The first kappa shape index (κ1) is 14.2. The van der Waals surface area contributed by atoms with Crippen LogP contribution in [0.25, 0.3) is 0 Å². The van der Waals surface area contributed by atoms with Crippen molar-refractivity contribution >= 4 is 5.97 Å². The van der Waals surface area contributed by atoms with E-state index in [-0.39, 0.29) is 11.3 Å². The summed E-state index contributed by atoms with van der Waals surface area (Å²) in [4.78, 5) is 10.5. The van der Waals surface area contributed by atoms with Crippen LogP contribution in [0.2, 0.25) is 0 Å². The molecule has 8 heteroatoms. The second kappa shape index (κ2) is 4.79. The number of carbonyl (C=O) groups is 1. The van der Waals surface area contributed by atoms with Gasteiger partial charge in [-0.1, -0.05) is 0 Å². The average Bonchev–Trinajstić information content (AvgIpc) is 2.25. The van der Waals surface area contributed by atoms with Crippen molar-refractivity contribution in [3.8, 4) is 5.75 Å². The van der Waals surface area contributed by atoms with Gasteiger partial charge in [-0.25, -0.2) is 4.79 Å². The van der Waals surface area contributed by atoms with Gasteiger partial charge in [0.25, 0.3) is 0 Å². The van der Waals surface area contributed by atoms with E-state index < -0.39 is 24.7 Å². The molecule has 0 aromatic heterocycles. The number of aromatic carboxylic acids is 1. The Balaban J connectivity index is 2.67. The molecule has 3 nitrogen and oxygen atoms in total. The van der Waals surface area contributed by atoms with Gasteiger partial charge in [0, 0.05) is 0 Å². The zero-order chi connectivity index (χ0) is 14.0. The molecule has 1 aromatic carbocycles. The molecule has 100 valence electrons. The molecule has 0 atom stereocenters. The maximum atomic E-state index is 12.5. The van der Waals surface area contributed by atoms with Gasteiger partial charge in [-0.3, -0.25) is 0 Å². The monoisotopic (exact) mass is 270 g/mol. The lowest BCUT2D eigenvalue weighted by Crippen LogP contribution is -2.41. The molecule has 0 saturated carbocycles. The van der Waals surface area contributed by atoms with Crippen LogP contribution < -0.4 is 4.74 Å². The molecular weight excluding hydrogens is 263 g/mol. The van der Waals surface area contributed by atoms with Crippen molar-refractivity contribution < 1.29 is 36.6 Å². The summed E-state index contributed by atoms with van der Waals surface area (Å²) >= 11 is 0. The third kappa shape index (κ3) is 3.31. The third-order valence-corrected chi connectivity index (χ3v) is 1.94. The lowest BCUT2D eigenvalue weighted by Gasteiger charge is -2.19. The molecule has 0 aliphatic carbocycles. The Morgan fingerprint density at radius 2 is 1.61 bits per heavy atom. The van der Waals surface area contributed by atoms with Gasteiger partial charge in [-0.2, -0.15) is 22.0 Å².